The summed E-state index contributed by atoms with van der Waals surface area (Å²) >= 11 is 0. The number of hydrogen-bond donors (Lipinski definition) is 2. The molecule has 1 saturated carbocycles. The highest BCUT2D eigenvalue weighted by Crippen LogP contribution is 2.38. The Morgan fingerprint density at radius 3 is 2.44 bits per heavy atom. The number of nitrogens with two attached hydrogens (primary N) is 1. The number of hydrogen-bond acceptors (Lipinski definition) is 3. The van der Waals surface area contributed by atoms with Crippen molar-refractivity contribution in [3.8, 4) is 0 Å². The van der Waals surface area contributed by atoms with E-state index < -0.39 is 0 Å². The van der Waals surface area contributed by atoms with Crippen LogP contribution in [0.15, 0.2) is 0 Å². The minimum atomic E-state index is -0.312. The average Bonchev–Trinajstić information content (AvgIpc) is 2.29. The fraction of sp³-hybridized carbons (Fsp3) is 0.929. The summed E-state index contributed by atoms with van der Waals surface area (Å²) in [7, 11) is 4.04. The Morgan fingerprint density at radius 2 is 2.00 bits per heavy atom. The third-order valence-corrected chi connectivity index (χ3v) is 4.12. The lowest BCUT2D eigenvalue weighted by atomic mass is 9.70. The normalized spacial score (nSPS) is 30.2. The van der Waals surface area contributed by atoms with Gasteiger partial charge in [0.15, 0.2) is 0 Å². The largest absolute Gasteiger partial charge is 0.352 e. The van der Waals surface area contributed by atoms with Gasteiger partial charge in [-0.1, -0.05) is 6.92 Å². The number of amides is 1. The highest BCUT2D eigenvalue weighted by atomic mass is 16.2. The van der Waals surface area contributed by atoms with E-state index >= 15 is 0 Å². The van der Waals surface area contributed by atoms with Crippen LogP contribution in [0.25, 0.3) is 0 Å². The van der Waals surface area contributed by atoms with E-state index in [1.165, 1.54) is 0 Å². The van der Waals surface area contributed by atoms with E-state index in [9.17, 15) is 4.79 Å². The molecule has 1 aliphatic rings. The molecular formula is C14H29N3O. The Kier molecular flexibility index (Phi) is 5.60. The summed E-state index contributed by atoms with van der Waals surface area (Å²) in [5.74, 6) is 0.892. The van der Waals surface area contributed by atoms with Gasteiger partial charge in [0, 0.05) is 19.1 Å². The molecule has 0 heterocycles. The summed E-state index contributed by atoms with van der Waals surface area (Å²) < 4.78 is 0. The Bertz CT molecular complexity index is 270. The van der Waals surface area contributed by atoms with Crippen molar-refractivity contribution < 1.29 is 4.79 Å². The maximum Gasteiger partial charge on any atom is 0.227 e. The van der Waals surface area contributed by atoms with Crippen molar-refractivity contribution in [3.05, 3.63) is 0 Å². The van der Waals surface area contributed by atoms with Gasteiger partial charge in [-0.2, -0.15) is 0 Å². The Morgan fingerprint density at radius 1 is 1.44 bits per heavy atom. The van der Waals surface area contributed by atoms with Crippen LogP contribution in [-0.4, -0.2) is 44.0 Å². The van der Waals surface area contributed by atoms with Gasteiger partial charge in [-0.3, -0.25) is 4.79 Å². The van der Waals surface area contributed by atoms with E-state index in [1.54, 1.807) is 0 Å². The summed E-state index contributed by atoms with van der Waals surface area (Å²) in [5, 5.41) is 3.13. The fourth-order valence-corrected chi connectivity index (χ4v) is 2.81. The Labute approximate surface area is 111 Å². The molecule has 1 aliphatic carbocycles. The monoisotopic (exact) mass is 255 g/mol. The molecule has 3 N–H and O–H groups in total. The number of nitrogens with one attached hydrogen (secondary N) is 1. The van der Waals surface area contributed by atoms with Gasteiger partial charge >= 0.3 is 0 Å². The van der Waals surface area contributed by atoms with Crippen LogP contribution in [-0.2, 0) is 4.79 Å². The van der Waals surface area contributed by atoms with Gasteiger partial charge in [-0.15, -0.1) is 0 Å². The molecule has 0 bridgehead atoms. The number of nitrogens with zero attached hydrogens (tertiary/aromatic N) is 1. The molecule has 0 aromatic carbocycles. The second-order valence-corrected chi connectivity index (χ2v) is 6.30. The topological polar surface area (TPSA) is 58.4 Å². The fourth-order valence-electron chi connectivity index (χ4n) is 2.81. The molecule has 1 fully saturated rings. The number of likely N-dealkylation sites (N-methyl/N-ethyl adjacent to an activating group) is 1. The maximum absolute atomic E-state index is 12.4. The first-order chi connectivity index (χ1) is 8.39. The average molecular weight is 255 g/mol. The Hall–Kier alpha value is -0.610. The van der Waals surface area contributed by atoms with E-state index in [0.717, 1.165) is 38.1 Å². The number of rotatable bonds is 5. The van der Waals surface area contributed by atoms with Gasteiger partial charge in [0.1, 0.15) is 0 Å². The van der Waals surface area contributed by atoms with Crippen molar-refractivity contribution >= 4 is 5.91 Å². The van der Waals surface area contributed by atoms with Gasteiger partial charge in [-0.05, 0) is 52.6 Å². The molecule has 18 heavy (non-hydrogen) atoms. The first-order valence-corrected chi connectivity index (χ1v) is 7.05. The SMILES string of the molecule is CC1CCC(CN)(C(=O)NC(C)CN(C)C)CC1. The molecular weight excluding hydrogens is 226 g/mol. The second-order valence-electron chi connectivity index (χ2n) is 6.30. The van der Waals surface area contributed by atoms with Crippen LogP contribution in [0.4, 0.5) is 0 Å². The van der Waals surface area contributed by atoms with Crippen molar-refractivity contribution in [2.24, 2.45) is 17.1 Å². The second kappa shape index (κ2) is 6.53. The molecule has 0 saturated heterocycles. The molecule has 0 spiro atoms. The van der Waals surface area contributed by atoms with Crippen molar-refractivity contribution in [2.45, 2.75) is 45.6 Å². The van der Waals surface area contributed by atoms with Crippen LogP contribution in [0.5, 0.6) is 0 Å². The zero-order valence-corrected chi connectivity index (χ0v) is 12.3. The molecule has 1 unspecified atom stereocenters. The van der Waals surface area contributed by atoms with E-state index in [-0.39, 0.29) is 17.4 Å². The van der Waals surface area contributed by atoms with Crippen LogP contribution in [0.2, 0.25) is 0 Å². The molecule has 0 radical (unpaired) electrons. The quantitative estimate of drug-likeness (QED) is 0.776. The van der Waals surface area contributed by atoms with Crippen LogP contribution in [0.3, 0.4) is 0 Å². The predicted molar refractivity (Wildman–Crippen MR) is 75.3 cm³/mol. The smallest absolute Gasteiger partial charge is 0.227 e. The summed E-state index contributed by atoms with van der Waals surface area (Å²) in [4.78, 5) is 14.5. The van der Waals surface area contributed by atoms with E-state index in [1.807, 2.05) is 21.0 Å². The molecule has 4 nitrogen and oxygen atoms in total. The molecule has 106 valence electrons. The Balaban J connectivity index is 2.57. The van der Waals surface area contributed by atoms with Crippen LogP contribution >= 0.6 is 0 Å². The van der Waals surface area contributed by atoms with Gasteiger partial charge in [0.05, 0.1) is 5.41 Å². The minimum Gasteiger partial charge on any atom is -0.352 e. The van der Waals surface area contributed by atoms with Crippen molar-refractivity contribution in [3.63, 3.8) is 0 Å². The zero-order valence-electron chi connectivity index (χ0n) is 12.3. The molecule has 0 aliphatic heterocycles. The molecule has 4 heteroatoms. The van der Waals surface area contributed by atoms with Gasteiger partial charge in [-0.25, -0.2) is 0 Å². The highest BCUT2D eigenvalue weighted by molar-refractivity contribution is 5.83. The molecule has 1 rings (SSSR count). The van der Waals surface area contributed by atoms with Crippen molar-refractivity contribution in [1.29, 1.82) is 0 Å². The van der Waals surface area contributed by atoms with Gasteiger partial charge < -0.3 is 16.0 Å². The molecule has 0 aromatic heterocycles. The maximum atomic E-state index is 12.4. The first-order valence-electron chi connectivity index (χ1n) is 7.05. The summed E-state index contributed by atoms with van der Waals surface area (Å²) in [6.07, 6.45) is 4.11. The lowest BCUT2D eigenvalue weighted by Crippen LogP contribution is -2.51. The molecule has 0 aromatic rings. The lowest BCUT2D eigenvalue weighted by molar-refractivity contribution is -0.133. The summed E-state index contributed by atoms with van der Waals surface area (Å²) in [6.45, 7) is 5.64. The van der Waals surface area contributed by atoms with Crippen LogP contribution in [0.1, 0.15) is 39.5 Å². The first kappa shape index (κ1) is 15.4. The number of carbonyl (C=O) groups excluding carboxylic acids is 1. The van der Waals surface area contributed by atoms with E-state index in [0.29, 0.717) is 6.54 Å². The highest BCUT2D eigenvalue weighted by Gasteiger charge is 2.40. The third kappa shape index (κ3) is 3.95. The van der Waals surface area contributed by atoms with Gasteiger partial charge in [0.2, 0.25) is 5.91 Å². The number of carbonyl (C=O) groups is 1. The third-order valence-electron chi connectivity index (χ3n) is 4.12. The predicted octanol–water partition coefficient (Wildman–Crippen LogP) is 1.21. The van der Waals surface area contributed by atoms with Crippen LogP contribution in [0, 0.1) is 11.3 Å². The molecule has 1 amide bonds. The zero-order chi connectivity index (χ0) is 13.8. The van der Waals surface area contributed by atoms with Crippen LogP contribution < -0.4 is 11.1 Å². The standard InChI is InChI=1S/C14H29N3O/c1-11-5-7-14(10-15,8-6-11)13(18)16-12(2)9-17(3)4/h11-12H,5-10,15H2,1-4H3,(H,16,18). The summed E-state index contributed by atoms with van der Waals surface area (Å²) in [6, 6.07) is 0.176. The molecule has 1 atom stereocenters. The summed E-state index contributed by atoms with van der Waals surface area (Å²) in [5.41, 5.74) is 5.58. The minimum absolute atomic E-state index is 0.159. The van der Waals surface area contributed by atoms with Crippen molar-refractivity contribution in [2.75, 3.05) is 27.2 Å². The van der Waals surface area contributed by atoms with Crippen molar-refractivity contribution in [1.82, 2.24) is 10.2 Å². The van der Waals surface area contributed by atoms with Gasteiger partial charge in [0.25, 0.3) is 0 Å². The van der Waals surface area contributed by atoms with E-state index in [2.05, 4.69) is 17.1 Å². The van der Waals surface area contributed by atoms with E-state index in [4.69, 9.17) is 5.73 Å². The lowest BCUT2D eigenvalue weighted by Gasteiger charge is -2.38.